The van der Waals surface area contributed by atoms with Gasteiger partial charge in [0.15, 0.2) is 0 Å². The summed E-state index contributed by atoms with van der Waals surface area (Å²) in [6.07, 6.45) is 8.70. The number of carbonyl (C=O) groups excluding carboxylic acids is 1. The van der Waals surface area contributed by atoms with Gasteiger partial charge < -0.3 is 10.1 Å². The molecule has 4 aromatic rings. The number of nitrogens with zero attached hydrogens (tertiary/aromatic N) is 3. The molecule has 0 fully saturated rings. The molecule has 4 rings (SSSR count). The van der Waals surface area contributed by atoms with Crippen molar-refractivity contribution in [3.8, 4) is 22.7 Å². The molecule has 2 aromatic carbocycles. The Bertz CT molecular complexity index is 1200. The molecule has 1 amide bonds. The number of hydrogen-bond acceptors (Lipinski definition) is 4. The zero-order valence-corrected chi connectivity index (χ0v) is 17.8. The minimum absolute atomic E-state index is 0.184. The third-order valence-corrected chi connectivity index (χ3v) is 4.79. The number of aromatic nitrogens is 3. The van der Waals surface area contributed by atoms with Gasteiger partial charge in [0.25, 0.3) is 0 Å². The lowest BCUT2D eigenvalue weighted by Crippen LogP contribution is -2.20. The predicted octanol–water partition coefficient (Wildman–Crippen LogP) is 4.66. The van der Waals surface area contributed by atoms with Gasteiger partial charge in [0.2, 0.25) is 5.91 Å². The Morgan fingerprint density at radius 2 is 1.97 bits per heavy atom. The molecule has 32 heavy (non-hydrogen) atoms. The summed E-state index contributed by atoms with van der Waals surface area (Å²) in [6.45, 7) is 2.97. The minimum Gasteiger partial charge on any atom is -0.494 e. The van der Waals surface area contributed by atoms with Crippen molar-refractivity contribution in [2.75, 3.05) is 6.61 Å². The number of ether oxygens (including phenoxy) is 1. The van der Waals surface area contributed by atoms with Crippen molar-refractivity contribution in [3.05, 3.63) is 103 Å². The largest absolute Gasteiger partial charge is 0.494 e. The first-order valence-electron chi connectivity index (χ1n) is 10.5. The van der Waals surface area contributed by atoms with Crippen LogP contribution in [-0.2, 0) is 11.3 Å². The highest BCUT2D eigenvalue weighted by atomic mass is 16.5. The monoisotopic (exact) mass is 424 g/mol. The van der Waals surface area contributed by atoms with Crippen LogP contribution < -0.4 is 10.1 Å². The number of amides is 1. The molecule has 1 N–H and O–H groups in total. The van der Waals surface area contributed by atoms with Gasteiger partial charge in [-0.25, -0.2) is 4.68 Å². The van der Waals surface area contributed by atoms with Gasteiger partial charge in [0.05, 0.1) is 12.3 Å². The topological polar surface area (TPSA) is 69.0 Å². The minimum atomic E-state index is -0.184. The van der Waals surface area contributed by atoms with E-state index < -0.39 is 0 Å². The second-order valence-electron chi connectivity index (χ2n) is 7.09. The molecule has 0 saturated carbocycles. The van der Waals surface area contributed by atoms with Crippen LogP contribution in [0.5, 0.6) is 5.75 Å². The Hall–Kier alpha value is -4.19. The molecule has 0 aliphatic heterocycles. The summed E-state index contributed by atoms with van der Waals surface area (Å²) in [4.78, 5) is 16.7. The number of rotatable bonds is 8. The summed E-state index contributed by atoms with van der Waals surface area (Å²) in [5.41, 5.74) is 4.39. The van der Waals surface area contributed by atoms with E-state index in [1.807, 2.05) is 79.9 Å². The van der Waals surface area contributed by atoms with E-state index >= 15 is 0 Å². The molecule has 0 unspecified atom stereocenters. The van der Waals surface area contributed by atoms with E-state index in [1.165, 1.54) is 6.08 Å². The Labute approximate surface area is 187 Å². The molecular weight excluding hydrogens is 400 g/mol. The Morgan fingerprint density at radius 1 is 1.09 bits per heavy atom. The predicted molar refractivity (Wildman–Crippen MR) is 125 cm³/mol. The highest BCUT2D eigenvalue weighted by Gasteiger charge is 2.11. The first-order valence-corrected chi connectivity index (χ1v) is 10.5. The van der Waals surface area contributed by atoms with E-state index in [0.717, 1.165) is 33.8 Å². The maximum atomic E-state index is 12.5. The van der Waals surface area contributed by atoms with Crippen molar-refractivity contribution in [1.29, 1.82) is 0 Å². The van der Waals surface area contributed by atoms with Crippen molar-refractivity contribution < 1.29 is 9.53 Å². The molecule has 160 valence electrons. The summed E-state index contributed by atoms with van der Waals surface area (Å²) in [5, 5.41) is 7.64. The van der Waals surface area contributed by atoms with Crippen LogP contribution in [0.2, 0.25) is 0 Å². The maximum absolute atomic E-state index is 12.5. The van der Waals surface area contributed by atoms with E-state index in [4.69, 9.17) is 9.84 Å². The second-order valence-corrected chi connectivity index (χ2v) is 7.09. The van der Waals surface area contributed by atoms with Crippen LogP contribution >= 0.6 is 0 Å². The molecule has 6 nitrogen and oxygen atoms in total. The lowest BCUT2D eigenvalue weighted by atomic mass is 10.1. The standard InChI is InChI=1S/C26H24N4O2/c1-2-32-24-12-6-8-20(16-24)17-28-25(31)14-13-22-19-30(23-10-4-3-5-11-23)29-26(22)21-9-7-15-27-18-21/h3-16,18-19H,2,17H2,1H3,(H,28,31). The van der Waals surface area contributed by atoms with Gasteiger partial charge in [-0.05, 0) is 55.0 Å². The van der Waals surface area contributed by atoms with Gasteiger partial charge in [0.1, 0.15) is 11.4 Å². The zero-order valence-electron chi connectivity index (χ0n) is 17.8. The smallest absolute Gasteiger partial charge is 0.244 e. The molecule has 0 aliphatic carbocycles. The number of nitrogens with one attached hydrogen (secondary N) is 1. The lowest BCUT2D eigenvalue weighted by Gasteiger charge is -2.06. The quantitative estimate of drug-likeness (QED) is 0.418. The van der Waals surface area contributed by atoms with Crippen LogP contribution in [0.1, 0.15) is 18.1 Å². The highest BCUT2D eigenvalue weighted by molar-refractivity contribution is 5.92. The summed E-state index contributed by atoms with van der Waals surface area (Å²) >= 11 is 0. The van der Waals surface area contributed by atoms with Crippen molar-refractivity contribution >= 4 is 12.0 Å². The van der Waals surface area contributed by atoms with Gasteiger partial charge in [-0.1, -0.05) is 30.3 Å². The molecule has 0 saturated heterocycles. The average Bonchev–Trinajstić information content (AvgIpc) is 3.27. The summed E-state index contributed by atoms with van der Waals surface area (Å²) in [6, 6.07) is 21.4. The first-order chi connectivity index (χ1) is 15.7. The van der Waals surface area contributed by atoms with E-state index in [-0.39, 0.29) is 5.91 Å². The van der Waals surface area contributed by atoms with E-state index in [1.54, 1.807) is 23.2 Å². The number of benzene rings is 2. The number of hydrogen-bond donors (Lipinski definition) is 1. The maximum Gasteiger partial charge on any atom is 0.244 e. The Kier molecular flexibility index (Phi) is 6.72. The zero-order chi connectivity index (χ0) is 22.2. The van der Waals surface area contributed by atoms with Gasteiger partial charge in [-0.2, -0.15) is 5.10 Å². The molecular formula is C26H24N4O2. The van der Waals surface area contributed by atoms with Crippen LogP contribution in [-0.4, -0.2) is 27.3 Å². The van der Waals surface area contributed by atoms with Crippen molar-refractivity contribution in [2.45, 2.75) is 13.5 Å². The van der Waals surface area contributed by atoms with E-state index in [9.17, 15) is 4.79 Å². The highest BCUT2D eigenvalue weighted by Crippen LogP contribution is 2.24. The first kappa shape index (κ1) is 21.1. The molecule has 6 heteroatoms. The molecule has 2 heterocycles. The van der Waals surface area contributed by atoms with Gasteiger partial charge in [-0.15, -0.1) is 0 Å². The van der Waals surface area contributed by atoms with Crippen LogP contribution in [0.25, 0.3) is 23.0 Å². The fraction of sp³-hybridized carbons (Fsp3) is 0.115. The second kappa shape index (κ2) is 10.2. The van der Waals surface area contributed by atoms with Crippen molar-refractivity contribution in [3.63, 3.8) is 0 Å². The van der Waals surface area contributed by atoms with Crippen molar-refractivity contribution in [1.82, 2.24) is 20.1 Å². The fourth-order valence-electron chi connectivity index (χ4n) is 3.27. The van der Waals surface area contributed by atoms with E-state index in [2.05, 4.69) is 10.3 Å². The Balaban J connectivity index is 1.51. The number of pyridine rings is 1. The number of carbonyl (C=O) groups is 1. The molecule has 2 aromatic heterocycles. The summed E-state index contributed by atoms with van der Waals surface area (Å²) < 4.78 is 7.32. The van der Waals surface area contributed by atoms with Crippen LogP contribution in [0, 0.1) is 0 Å². The third kappa shape index (κ3) is 5.29. The van der Waals surface area contributed by atoms with Crippen LogP contribution in [0.3, 0.4) is 0 Å². The Morgan fingerprint density at radius 3 is 2.75 bits per heavy atom. The normalized spacial score (nSPS) is 10.9. The molecule has 0 radical (unpaired) electrons. The van der Waals surface area contributed by atoms with E-state index in [0.29, 0.717) is 13.2 Å². The molecule has 0 atom stereocenters. The lowest BCUT2D eigenvalue weighted by molar-refractivity contribution is -0.116. The van der Waals surface area contributed by atoms with Gasteiger partial charge in [0, 0.05) is 42.3 Å². The molecule has 0 aliphatic rings. The SMILES string of the molecule is CCOc1cccc(CNC(=O)C=Cc2cn(-c3ccccc3)nc2-c2cccnc2)c1. The third-order valence-electron chi connectivity index (χ3n) is 4.79. The summed E-state index contributed by atoms with van der Waals surface area (Å²) in [7, 11) is 0. The molecule has 0 bridgehead atoms. The van der Waals surface area contributed by atoms with Gasteiger partial charge in [-0.3, -0.25) is 9.78 Å². The fourth-order valence-corrected chi connectivity index (χ4v) is 3.27. The molecule has 0 spiro atoms. The summed E-state index contributed by atoms with van der Waals surface area (Å²) in [5.74, 6) is 0.612. The van der Waals surface area contributed by atoms with Crippen molar-refractivity contribution in [2.24, 2.45) is 0 Å². The van der Waals surface area contributed by atoms with Gasteiger partial charge >= 0.3 is 0 Å². The number of para-hydroxylation sites is 1. The van der Waals surface area contributed by atoms with Crippen LogP contribution in [0.4, 0.5) is 0 Å². The average molecular weight is 425 g/mol. The van der Waals surface area contributed by atoms with Crippen LogP contribution in [0.15, 0.2) is 91.4 Å².